The molecule has 104 valence electrons. The third-order valence-corrected chi connectivity index (χ3v) is 3.66. The van der Waals surface area contributed by atoms with Gasteiger partial charge in [0.05, 0.1) is 18.6 Å². The van der Waals surface area contributed by atoms with Crippen molar-refractivity contribution >= 4 is 5.91 Å². The van der Waals surface area contributed by atoms with Crippen LogP contribution < -0.4 is 5.32 Å². The molecule has 1 aliphatic rings. The molecule has 0 saturated heterocycles. The SMILES string of the molecule is O=C(Cc1cccnc1)N[C@H]1CCCCCC[C@@H]1O. The van der Waals surface area contributed by atoms with E-state index in [1.807, 2.05) is 12.1 Å². The van der Waals surface area contributed by atoms with Gasteiger partial charge in [-0.25, -0.2) is 0 Å². The minimum Gasteiger partial charge on any atom is -0.391 e. The molecule has 19 heavy (non-hydrogen) atoms. The van der Waals surface area contributed by atoms with Gasteiger partial charge in [0.2, 0.25) is 5.91 Å². The Morgan fingerprint density at radius 1 is 1.32 bits per heavy atom. The van der Waals surface area contributed by atoms with Gasteiger partial charge in [0.1, 0.15) is 0 Å². The van der Waals surface area contributed by atoms with Gasteiger partial charge < -0.3 is 10.4 Å². The van der Waals surface area contributed by atoms with E-state index in [-0.39, 0.29) is 11.9 Å². The second kappa shape index (κ2) is 7.24. The number of carbonyl (C=O) groups excluding carboxylic acids is 1. The summed E-state index contributed by atoms with van der Waals surface area (Å²) in [6, 6.07) is 3.62. The summed E-state index contributed by atoms with van der Waals surface area (Å²) in [5.41, 5.74) is 0.903. The van der Waals surface area contributed by atoms with E-state index in [4.69, 9.17) is 0 Å². The standard InChI is InChI=1S/C15H22N2O2/c18-14-8-4-2-1-3-7-13(14)17-15(19)10-12-6-5-9-16-11-12/h5-6,9,11,13-14,18H,1-4,7-8,10H2,(H,17,19)/t13-,14-/m0/s1. The molecule has 2 atom stereocenters. The van der Waals surface area contributed by atoms with Crippen molar-refractivity contribution in [3.05, 3.63) is 30.1 Å². The van der Waals surface area contributed by atoms with E-state index in [1.54, 1.807) is 12.4 Å². The van der Waals surface area contributed by atoms with Gasteiger partial charge in [-0.1, -0.05) is 31.7 Å². The van der Waals surface area contributed by atoms with E-state index in [9.17, 15) is 9.90 Å². The number of rotatable bonds is 3. The molecule has 4 nitrogen and oxygen atoms in total. The van der Waals surface area contributed by atoms with Gasteiger partial charge in [-0.05, 0) is 24.5 Å². The number of nitrogens with zero attached hydrogens (tertiary/aromatic N) is 1. The smallest absolute Gasteiger partial charge is 0.224 e. The largest absolute Gasteiger partial charge is 0.391 e. The predicted octanol–water partition coefficient (Wildman–Crippen LogP) is 1.82. The van der Waals surface area contributed by atoms with Gasteiger partial charge in [0.25, 0.3) is 0 Å². The molecule has 4 heteroatoms. The van der Waals surface area contributed by atoms with Gasteiger partial charge in [0.15, 0.2) is 0 Å². The predicted molar refractivity (Wildman–Crippen MR) is 73.6 cm³/mol. The van der Waals surface area contributed by atoms with Crippen molar-refractivity contribution in [1.29, 1.82) is 0 Å². The van der Waals surface area contributed by atoms with E-state index in [0.717, 1.165) is 31.2 Å². The first-order chi connectivity index (χ1) is 9.25. The molecule has 1 amide bonds. The van der Waals surface area contributed by atoms with Crippen LogP contribution in [-0.4, -0.2) is 28.1 Å². The average molecular weight is 262 g/mol. The molecule has 2 rings (SSSR count). The summed E-state index contributed by atoms with van der Waals surface area (Å²) in [4.78, 5) is 16.0. The average Bonchev–Trinajstić information content (AvgIpc) is 2.40. The minimum absolute atomic E-state index is 0.0300. The van der Waals surface area contributed by atoms with Gasteiger partial charge >= 0.3 is 0 Å². The van der Waals surface area contributed by atoms with E-state index >= 15 is 0 Å². The van der Waals surface area contributed by atoms with Gasteiger partial charge in [-0.15, -0.1) is 0 Å². The quantitative estimate of drug-likeness (QED) is 0.873. The summed E-state index contributed by atoms with van der Waals surface area (Å²) in [5.74, 6) is -0.0300. The molecule has 0 bridgehead atoms. The maximum absolute atomic E-state index is 12.0. The van der Waals surface area contributed by atoms with E-state index in [2.05, 4.69) is 10.3 Å². The molecular formula is C15H22N2O2. The molecule has 0 aliphatic heterocycles. The fraction of sp³-hybridized carbons (Fsp3) is 0.600. The zero-order valence-electron chi connectivity index (χ0n) is 11.2. The fourth-order valence-corrected chi connectivity index (χ4v) is 2.58. The number of aliphatic hydroxyl groups excluding tert-OH is 1. The second-order valence-electron chi connectivity index (χ2n) is 5.27. The van der Waals surface area contributed by atoms with Crippen LogP contribution in [0.15, 0.2) is 24.5 Å². The first kappa shape index (κ1) is 14.0. The lowest BCUT2D eigenvalue weighted by molar-refractivity contribution is -0.122. The van der Waals surface area contributed by atoms with Crippen LogP contribution in [0.1, 0.15) is 44.1 Å². The van der Waals surface area contributed by atoms with Crippen molar-refractivity contribution < 1.29 is 9.90 Å². The lowest BCUT2D eigenvalue weighted by atomic mass is 9.94. The number of carbonyl (C=O) groups is 1. The van der Waals surface area contributed by atoms with Crippen LogP contribution in [0.5, 0.6) is 0 Å². The summed E-state index contributed by atoms with van der Waals surface area (Å²) in [6.07, 6.45) is 9.50. The van der Waals surface area contributed by atoms with Crippen LogP contribution in [0.25, 0.3) is 0 Å². The second-order valence-corrected chi connectivity index (χ2v) is 5.27. The third-order valence-electron chi connectivity index (χ3n) is 3.66. The molecule has 0 spiro atoms. The molecule has 1 saturated carbocycles. The summed E-state index contributed by atoms with van der Waals surface area (Å²) >= 11 is 0. The van der Waals surface area contributed by atoms with E-state index in [0.29, 0.717) is 6.42 Å². The first-order valence-electron chi connectivity index (χ1n) is 7.12. The van der Waals surface area contributed by atoms with Crippen LogP contribution >= 0.6 is 0 Å². The number of nitrogens with one attached hydrogen (secondary N) is 1. The monoisotopic (exact) mass is 262 g/mol. The number of hydrogen-bond acceptors (Lipinski definition) is 3. The fourth-order valence-electron chi connectivity index (χ4n) is 2.58. The summed E-state index contributed by atoms with van der Waals surface area (Å²) in [7, 11) is 0. The highest BCUT2D eigenvalue weighted by Gasteiger charge is 2.22. The zero-order chi connectivity index (χ0) is 13.5. The Hall–Kier alpha value is -1.42. The lowest BCUT2D eigenvalue weighted by Gasteiger charge is -2.26. The number of aromatic nitrogens is 1. The topological polar surface area (TPSA) is 62.2 Å². The van der Waals surface area contributed by atoms with Crippen molar-refractivity contribution in [2.24, 2.45) is 0 Å². The number of amides is 1. The molecule has 0 aromatic carbocycles. The van der Waals surface area contributed by atoms with Crippen molar-refractivity contribution in [3.8, 4) is 0 Å². The van der Waals surface area contributed by atoms with Crippen LogP contribution in [0.3, 0.4) is 0 Å². The molecule has 2 N–H and O–H groups in total. The van der Waals surface area contributed by atoms with Crippen LogP contribution in [0, 0.1) is 0 Å². The van der Waals surface area contributed by atoms with Crippen LogP contribution in [0.4, 0.5) is 0 Å². The zero-order valence-corrected chi connectivity index (χ0v) is 11.2. The molecular weight excluding hydrogens is 240 g/mol. The highest BCUT2D eigenvalue weighted by atomic mass is 16.3. The minimum atomic E-state index is -0.404. The summed E-state index contributed by atoms with van der Waals surface area (Å²) < 4.78 is 0. The van der Waals surface area contributed by atoms with Crippen LogP contribution in [0.2, 0.25) is 0 Å². The molecule has 1 aromatic rings. The Morgan fingerprint density at radius 3 is 2.84 bits per heavy atom. The Bertz CT molecular complexity index is 394. The Balaban J connectivity index is 1.86. The molecule has 1 aromatic heterocycles. The van der Waals surface area contributed by atoms with Gasteiger partial charge in [-0.2, -0.15) is 0 Å². The Morgan fingerprint density at radius 2 is 2.11 bits per heavy atom. The normalized spacial score (nSPS) is 24.3. The highest BCUT2D eigenvalue weighted by molar-refractivity contribution is 5.78. The van der Waals surface area contributed by atoms with Crippen LogP contribution in [-0.2, 0) is 11.2 Å². The summed E-state index contributed by atoms with van der Waals surface area (Å²) in [5, 5.41) is 13.0. The Kier molecular flexibility index (Phi) is 5.33. The molecule has 0 unspecified atom stereocenters. The van der Waals surface area contributed by atoms with Crippen molar-refractivity contribution in [2.45, 2.75) is 57.1 Å². The van der Waals surface area contributed by atoms with E-state index < -0.39 is 6.10 Å². The maximum atomic E-state index is 12.0. The highest BCUT2D eigenvalue weighted by Crippen LogP contribution is 2.17. The van der Waals surface area contributed by atoms with E-state index in [1.165, 1.54) is 12.8 Å². The van der Waals surface area contributed by atoms with Crippen molar-refractivity contribution in [2.75, 3.05) is 0 Å². The number of hydrogen-bond donors (Lipinski definition) is 2. The maximum Gasteiger partial charge on any atom is 0.224 e. The van der Waals surface area contributed by atoms with Gasteiger partial charge in [-0.3, -0.25) is 9.78 Å². The third kappa shape index (κ3) is 4.63. The first-order valence-corrected chi connectivity index (χ1v) is 7.12. The lowest BCUT2D eigenvalue weighted by Crippen LogP contribution is -2.44. The molecule has 0 radical (unpaired) electrons. The van der Waals surface area contributed by atoms with Gasteiger partial charge in [0, 0.05) is 12.4 Å². The molecule has 1 fully saturated rings. The number of pyridine rings is 1. The van der Waals surface area contributed by atoms with Crippen molar-refractivity contribution in [1.82, 2.24) is 10.3 Å². The molecule has 1 heterocycles. The Labute approximate surface area is 114 Å². The van der Waals surface area contributed by atoms with Crippen molar-refractivity contribution in [3.63, 3.8) is 0 Å². The number of aliphatic hydroxyl groups is 1. The summed E-state index contributed by atoms with van der Waals surface area (Å²) in [6.45, 7) is 0. The molecule has 1 aliphatic carbocycles.